The average Bonchev–Trinajstić information content (AvgIpc) is 2.44. The maximum atomic E-state index is 11.8. The smallest absolute Gasteiger partial charge is 0.427 e. The largest absolute Gasteiger partial charge is 0.543 e. The van der Waals surface area contributed by atoms with Gasteiger partial charge in [-0.25, -0.2) is 14.5 Å². The molecule has 0 fully saturated rings. The van der Waals surface area contributed by atoms with Gasteiger partial charge in [-0.3, -0.25) is 4.89 Å². The summed E-state index contributed by atoms with van der Waals surface area (Å²) in [7, 11) is 0. The van der Waals surface area contributed by atoms with Crippen LogP contribution in [0, 0.1) is 13.8 Å². The molecule has 1 rings (SSSR count). The van der Waals surface area contributed by atoms with Gasteiger partial charge >= 0.3 is 12.1 Å². The molecule has 0 aromatic heterocycles. The first-order chi connectivity index (χ1) is 11.1. The highest BCUT2D eigenvalue weighted by atomic mass is 17.5. The third-order valence-electron chi connectivity index (χ3n) is 2.86. The first-order valence-electron chi connectivity index (χ1n) is 7.56. The fourth-order valence-electron chi connectivity index (χ4n) is 1.75. The Kier molecular flexibility index (Phi) is 7.18. The van der Waals surface area contributed by atoms with E-state index in [-0.39, 0.29) is 12.2 Å². The van der Waals surface area contributed by atoms with Crippen molar-refractivity contribution in [1.82, 2.24) is 0 Å². The van der Waals surface area contributed by atoms with Gasteiger partial charge in [0.1, 0.15) is 6.10 Å². The van der Waals surface area contributed by atoms with E-state index in [4.69, 9.17) is 9.47 Å². The summed E-state index contributed by atoms with van der Waals surface area (Å²) in [5, 5.41) is 4.18. The molecule has 1 atom stereocenters. The minimum absolute atomic E-state index is 0.195. The zero-order chi connectivity index (χ0) is 18.3. The topological polar surface area (TPSA) is 80.3 Å². The Morgan fingerprint density at radius 3 is 2.38 bits per heavy atom. The van der Waals surface area contributed by atoms with E-state index in [1.54, 1.807) is 26.0 Å². The summed E-state index contributed by atoms with van der Waals surface area (Å²) in [6.07, 6.45) is -1.68. The van der Waals surface area contributed by atoms with Crippen molar-refractivity contribution in [3.8, 4) is 0 Å². The molecule has 7 nitrogen and oxygen atoms in total. The maximum absolute atomic E-state index is 11.8. The summed E-state index contributed by atoms with van der Waals surface area (Å²) in [5.41, 5.74) is 1.69. The second-order valence-corrected chi connectivity index (χ2v) is 6.44. The molecule has 0 aliphatic rings. The van der Waals surface area contributed by atoms with Crippen molar-refractivity contribution in [3.63, 3.8) is 0 Å². The quantitative estimate of drug-likeness (QED) is 0.444. The van der Waals surface area contributed by atoms with Gasteiger partial charge in [0, 0.05) is 0 Å². The molecule has 0 bridgehead atoms. The van der Waals surface area contributed by atoms with Crippen LogP contribution in [0.2, 0.25) is 0 Å². The van der Waals surface area contributed by atoms with Gasteiger partial charge < -0.3 is 9.47 Å². The Labute approximate surface area is 141 Å². The summed E-state index contributed by atoms with van der Waals surface area (Å²) in [4.78, 5) is 31.8. The van der Waals surface area contributed by atoms with Gasteiger partial charge in [-0.15, -0.1) is 0 Å². The lowest BCUT2D eigenvalue weighted by Gasteiger charge is -2.22. The van der Waals surface area contributed by atoms with Crippen molar-refractivity contribution >= 4 is 12.1 Å². The number of aryl methyl sites for hydroxylation is 2. The molecule has 0 radical (unpaired) electrons. The molecule has 0 saturated heterocycles. The lowest BCUT2D eigenvalue weighted by molar-refractivity contribution is -0.453. The number of carbonyl (C=O) groups is 2. The summed E-state index contributed by atoms with van der Waals surface area (Å²) < 4.78 is 10.3. The van der Waals surface area contributed by atoms with Crippen molar-refractivity contribution < 1.29 is 33.9 Å². The minimum Gasteiger partial charge on any atom is -0.427 e. The van der Waals surface area contributed by atoms with E-state index in [1.807, 2.05) is 33.8 Å². The molecule has 0 N–H and O–H groups in total. The van der Waals surface area contributed by atoms with E-state index in [0.717, 1.165) is 11.1 Å². The molecule has 0 amide bonds. The van der Waals surface area contributed by atoms with Gasteiger partial charge in [-0.05, 0) is 53.2 Å². The fourth-order valence-corrected chi connectivity index (χ4v) is 1.75. The van der Waals surface area contributed by atoms with Crippen LogP contribution in [0.1, 0.15) is 49.2 Å². The molecule has 134 valence electrons. The van der Waals surface area contributed by atoms with E-state index in [9.17, 15) is 9.59 Å². The molecule has 0 aliphatic heterocycles. The van der Waals surface area contributed by atoms with E-state index >= 15 is 0 Å². The van der Waals surface area contributed by atoms with Crippen molar-refractivity contribution in [2.75, 3.05) is 6.61 Å². The summed E-state index contributed by atoms with van der Waals surface area (Å²) in [5.74, 6) is -0.774. The van der Waals surface area contributed by atoms with Gasteiger partial charge in [-0.2, -0.15) is 0 Å². The Hall–Kier alpha value is -2.12. The van der Waals surface area contributed by atoms with E-state index < -0.39 is 18.2 Å². The highest BCUT2D eigenvalue weighted by Crippen LogP contribution is 2.12. The molecule has 0 saturated carbocycles. The van der Waals surface area contributed by atoms with Gasteiger partial charge in [0.2, 0.25) is 0 Å². The molecule has 24 heavy (non-hydrogen) atoms. The molecular weight excluding hydrogens is 316 g/mol. The molecule has 1 aromatic rings. The number of rotatable bonds is 6. The third kappa shape index (κ3) is 7.43. The van der Waals surface area contributed by atoms with Gasteiger partial charge in [-0.1, -0.05) is 17.7 Å². The second-order valence-electron chi connectivity index (χ2n) is 6.44. The highest BCUT2D eigenvalue weighted by Gasteiger charge is 2.18. The Bertz CT molecular complexity index is 575. The van der Waals surface area contributed by atoms with Crippen LogP contribution in [-0.4, -0.2) is 30.4 Å². The maximum Gasteiger partial charge on any atom is 0.543 e. The minimum atomic E-state index is -1.13. The lowest BCUT2D eigenvalue weighted by Crippen LogP contribution is -2.28. The third-order valence-corrected chi connectivity index (χ3v) is 2.86. The molecule has 1 unspecified atom stereocenters. The van der Waals surface area contributed by atoms with Crippen LogP contribution in [-0.2, 0) is 24.3 Å². The molecule has 0 aliphatic carbocycles. The number of hydrogen-bond acceptors (Lipinski definition) is 7. The second kappa shape index (κ2) is 8.65. The van der Waals surface area contributed by atoms with E-state index in [2.05, 4.69) is 14.8 Å². The van der Waals surface area contributed by atoms with Crippen molar-refractivity contribution in [3.05, 3.63) is 34.9 Å². The normalized spacial score (nSPS) is 12.4. The Morgan fingerprint density at radius 2 is 1.79 bits per heavy atom. The zero-order valence-electron chi connectivity index (χ0n) is 14.9. The zero-order valence-corrected chi connectivity index (χ0v) is 14.9. The van der Waals surface area contributed by atoms with Crippen molar-refractivity contribution in [2.45, 2.75) is 53.2 Å². The summed E-state index contributed by atoms with van der Waals surface area (Å²) >= 11 is 0. The SMILES string of the molecule is Cc1ccc(C(=O)OOOC(=O)OC(C)COC(C)(C)C)c(C)c1. The number of carbonyl (C=O) groups excluding carboxylic acids is 2. The van der Waals surface area contributed by atoms with Gasteiger partial charge in [0.15, 0.2) is 0 Å². The summed E-state index contributed by atoms with van der Waals surface area (Å²) in [6, 6.07) is 5.18. The van der Waals surface area contributed by atoms with Crippen LogP contribution < -0.4 is 0 Å². The lowest BCUT2D eigenvalue weighted by atomic mass is 10.1. The van der Waals surface area contributed by atoms with Crippen LogP contribution in [0.5, 0.6) is 0 Å². The Balaban J connectivity index is 2.33. The predicted octanol–water partition coefficient (Wildman–Crippen LogP) is 3.66. The Morgan fingerprint density at radius 1 is 1.12 bits per heavy atom. The monoisotopic (exact) mass is 340 g/mol. The molecule has 1 aromatic carbocycles. The first kappa shape index (κ1) is 19.9. The van der Waals surface area contributed by atoms with E-state index in [1.165, 1.54) is 0 Å². The van der Waals surface area contributed by atoms with Crippen LogP contribution in [0.3, 0.4) is 0 Å². The molecule has 0 heterocycles. The van der Waals surface area contributed by atoms with Gasteiger partial charge in [0.25, 0.3) is 0 Å². The number of hydrogen-bond donors (Lipinski definition) is 0. The van der Waals surface area contributed by atoms with Crippen LogP contribution in [0.4, 0.5) is 4.79 Å². The molecular formula is C17H24O7. The summed E-state index contributed by atoms with van der Waals surface area (Å²) in [6.45, 7) is 11.1. The van der Waals surface area contributed by atoms with Crippen LogP contribution in [0.25, 0.3) is 0 Å². The standard InChI is InChI=1S/C17H24O7/c1-11-7-8-14(12(2)9-11)15(18)22-24-23-16(19)21-13(3)10-20-17(4,5)6/h7-9,13H,10H2,1-6H3. The van der Waals surface area contributed by atoms with Gasteiger partial charge in [0.05, 0.1) is 22.8 Å². The number of benzene rings is 1. The highest BCUT2D eigenvalue weighted by molar-refractivity contribution is 5.90. The first-order valence-corrected chi connectivity index (χ1v) is 7.56. The molecule has 7 heteroatoms. The predicted molar refractivity (Wildman–Crippen MR) is 85.1 cm³/mol. The fraction of sp³-hybridized carbons (Fsp3) is 0.529. The average molecular weight is 340 g/mol. The van der Waals surface area contributed by atoms with Crippen LogP contribution in [0.15, 0.2) is 18.2 Å². The van der Waals surface area contributed by atoms with Crippen LogP contribution >= 0.6 is 0 Å². The van der Waals surface area contributed by atoms with E-state index in [0.29, 0.717) is 5.56 Å². The number of ether oxygens (including phenoxy) is 2. The molecule has 0 spiro atoms. The van der Waals surface area contributed by atoms with Crippen molar-refractivity contribution in [1.29, 1.82) is 0 Å². The van der Waals surface area contributed by atoms with Crippen molar-refractivity contribution in [2.24, 2.45) is 0 Å².